The lowest BCUT2D eigenvalue weighted by molar-refractivity contribution is -0.121. The molecule has 1 aromatic carbocycles. The fraction of sp³-hybridized carbons (Fsp3) is 0.500. The molecule has 17 heavy (non-hydrogen) atoms. The number of carbonyl (C=O) groups excluding carboxylic acids is 1. The number of amides is 1. The Morgan fingerprint density at radius 3 is 2.65 bits per heavy atom. The molecule has 1 rings (SSSR count). The van der Waals surface area contributed by atoms with E-state index < -0.39 is 0 Å². The van der Waals surface area contributed by atoms with Crippen LogP contribution in [0.3, 0.4) is 0 Å². The van der Waals surface area contributed by atoms with Crippen LogP contribution < -0.4 is 10.6 Å². The van der Waals surface area contributed by atoms with Gasteiger partial charge in [0.25, 0.3) is 0 Å². The molecule has 0 fully saturated rings. The maximum Gasteiger partial charge on any atom is 0.229 e. The zero-order valence-corrected chi connectivity index (χ0v) is 10.9. The second-order valence-electron chi connectivity index (χ2n) is 4.50. The van der Waals surface area contributed by atoms with E-state index in [0.717, 1.165) is 24.9 Å². The van der Waals surface area contributed by atoms with E-state index in [2.05, 4.69) is 6.92 Å². The highest BCUT2D eigenvalue weighted by Gasteiger charge is 2.19. The Kier molecular flexibility index (Phi) is 5.01. The molecule has 0 radical (unpaired) electrons. The quantitative estimate of drug-likeness (QED) is 0.796. The van der Waals surface area contributed by atoms with E-state index in [1.165, 1.54) is 0 Å². The summed E-state index contributed by atoms with van der Waals surface area (Å²) in [5.41, 5.74) is 7.30. The molecule has 2 N–H and O–H groups in total. The minimum atomic E-state index is 0.0551. The molecule has 0 heterocycles. The molecular weight excluding hydrogens is 212 g/mol. The van der Waals surface area contributed by atoms with Crippen LogP contribution in [-0.2, 0) is 4.79 Å². The van der Waals surface area contributed by atoms with Crippen LogP contribution in [0.1, 0.15) is 33.1 Å². The van der Waals surface area contributed by atoms with Crippen LogP contribution in [0.2, 0.25) is 0 Å². The highest BCUT2D eigenvalue weighted by Crippen LogP contribution is 2.23. The number of nitrogens with two attached hydrogens (primary N) is 1. The summed E-state index contributed by atoms with van der Waals surface area (Å²) in [4.78, 5) is 13.8. The molecule has 0 bridgehead atoms. The number of carbonyl (C=O) groups is 1. The summed E-state index contributed by atoms with van der Waals surface area (Å²) in [6.07, 6.45) is 3.15. The SMILES string of the molecule is CCCCC(C)C(=O)N(C)c1ccccc1N. The number of nitrogens with zero attached hydrogens (tertiary/aromatic N) is 1. The van der Waals surface area contributed by atoms with Crippen molar-refractivity contribution in [3.05, 3.63) is 24.3 Å². The zero-order valence-electron chi connectivity index (χ0n) is 10.9. The van der Waals surface area contributed by atoms with E-state index >= 15 is 0 Å². The van der Waals surface area contributed by atoms with Gasteiger partial charge < -0.3 is 10.6 Å². The molecule has 0 aliphatic carbocycles. The maximum absolute atomic E-state index is 12.2. The molecule has 94 valence electrons. The number of anilines is 2. The molecule has 1 atom stereocenters. The lowest BCUT2D eigenvalue weighted by Crippen LogP contribution is -2.32. The molecule has 1 aromatic rings. The predicted molar refractivity (Wildman–Crippen MR) is 73.0 cm³/mol. The van der Waals surface area contributed by atoms with E-state index in [1.54, 1.807) is 11.9 Å². The smallest absolute Gasteiger partial charge is 0.229 e. The number of para-hydroxylation sites is 2. The van der Waals surface area contributed by atoms with Gasteiger partial charge in [0.15, 0.2) is 0 Å². The first kappa shape index (κ1) is 13.6. The van der Waals surface area contributed by atoms with Crippen LogP contribution in [0, 0.1) is 5.92 Å². The first-order valence-corrected chi connectivity index (χ1v) is 6.20. The van der Waals surface area contributed by atoms with Gasteiger partial charge in [-0.25, -0.2) is 0 Å². The monoisotopic (exact) mass is 234 g/mol. The molecule has 0 aliphatic rings. The van der Waals surface area contributed by atoms with E-state index in [-0.39, 0.29) is 11.8 Å². The van der Waals surface area contributed by atoms with Crippen LogP contribution in [-0.4, -0.2) is 13.0 Å². The van der Waals surface area contributed by atoms with Crippen molar-refractivity contribution in [1.29, 1.82) is 0 Å². The number of unbranched alkanes of at least 4 members (excludes halogenated alkanes) is 1. The van der Waals surface area contributed by atoms with Crippen LogP contribution in [0.25, 0.3) is 0 Å². The molecule has 1 amide bonds. The Bertz CT molecular complexity index is 376. The summed E-state index contributed by atoms with van der Waals surface area (Å²) in [6, 6.07) is 7.46. The molecule has 0 saturated heterocycles. The van der Waals surface area contributed by atoms with Crippen LogP contribution >= 0.6 is 0 Å². The molecule has 3 nitrogen and oxygen atoms in total. The summed E-state index contributed by atoms with van der Waals surface area (Å²) in [5.74, 6) is 0.191. The summed E-state index contributed by atoms with van der Waals surface area (Å²) in [5, 5.41) is 0. The predicted octanol–water partition coefficient (Wildman–Crippen LogP) is 3.06. The van der Waals surface area contributed by atoms with Gasteiger partial charge in [-0.2, -0.15) is 0 Å². The van der Waals surface area contributed by atoms with Gasteiger partial charge >= 0.3 is 0 Å². The third-order valence-corrected chi connectivity index (χ3v) is 3.04. The second-order valence-corrected chi connectivity index (χ2v) is 4.50. The largest absolute Gasteiger partial charge is 0.397 e. The first-order valence-electron chi connectivity index (χ1n) is 6.20. The molecule has 3 heteroatoms. The van der Waals surface area contributed by atoms with Crippen molar-refractivity contribution in [3.63, 3.8) is 0 Å². The minimum absolute atomic E-state index is 0.0551. The average molecular weight is 234 g/mol. The molecular formula is C14H22N2O. The van der Waals surface area contributed by atoms with Gasteiger partial charge in [0.1, 0.15) is 0 Å². The van der Waals surface area contributed by atoms with E-state index in [0.29, 0.717) is 5.69 Å². The Morgan fingerprint density at radius 1 is 1.41 bits per heavy atom. The van der Waals surface area contributed by atoms with Crippen LogP contribution in [0.5, 0.6) is 0 Å². The first-order chi connectivity index (χ1) is 8.07. The number of nitrogen functional groups attached to an aromatic ring is 1. The fourth-order valence-corrected chi connectivity index (χ4v) is 1.88. The number of rotatable bonds is 5. The third-order valence-electron chi connectivity index (χ3n) is 3.04. The average Bonchev–Trinajstić information content (AvgIpc) is 2.34. The number of hydrogen-bond acceptors (Lipinski definition) is 2. The van der Waals surface area contributed by atoms with Gasteiger partial charge in [-0.3, -0.25) is 4.79 Å². The van der Waals surface area contributed by atoms with Crippen molar-refractivity contribution in [2.75, 3.05) is 17.7 Å². The van der Waals surface area contributed by atoms with Crippen molar-refractivity contribution < 1.29 is 4.79 Å². The molecule has 0 aromatic heterocycles. The van der Waals surface area contributed by atoms with Gasteiger partial charge in [0.2, 0.25) is 5.91 Å². The van der Waals surface area contributed by atoms with E-state index in [1.807, 2.05) is 31.2 Å². The maximum atomic E-state index is 12.2. The van der Waals surface area contributed by atoms with Crippen molar-refractivity contribution in [3.8, 4) is 0 Å². The van der Waals surface area contributed by atoms with Gasteiger partial charge in [-0.15, -0.1) is 0 Å². The topological polar surface area (TPSA) is 46.3 Å². The van der Waals surface area contributed by atoms with Gasteiger partial charge in [-0.05, 0) is 18.6 Å². The van der Waals surface area contributed by atoms with E-state index in [4.69, 9.17) is 5.73 Å². The van der Waals surface area contributed by atoms with Gasteiger partial charge in [0, 0.05) is 13.0 Å². The highest BCUT2D eigenvalue weighted by atomic mass is 16.2. The van der Waals surface area contributed by atoms with Gasteiger partial charge in [-0.1, -0.05) is 38.8 Å². The molecule has 1 unspecified atom stereocenters. The summed E-state index contributed by atoms with van der Waals surface area (Å²) < 4.78 is 0. The Morgan fingerprint density at radius 2 is 2.06 bits per heavy atom. The summed E-state index contributed by atoms with van der Waals surface area (Å²) in [7, 11) is 1.79. The van der Waals surface area contributed by atoms with Gasteiger partial charge in [0.05, 0.1) is 11.4 Å². The summed E-state index contributed by atoms with van der Waals surface area (Å²) >= 11 is 0. The second kappa shape index (κ2) is 6.28. The number of benzene rings is 1. The van der Waals surface area contributed by atoms with Crippen LogP contribution in [0.15, 0.2) is 24.3 Å². The van der Waals surface area contributed by atoms with Crippen molar-refractivity contribution in [2.24, 2.45) is 5.92 Å². The van der Waals surface area contributed by atoms with E-state index in [9.17, 15) is 4.79 Å². The lowest BCUT2D eigenvalue weighted by atomic mass is 10.0. The Labute approximate surface area is 104 Å². The Balaban J connectivity index is 2.73. The fourth-order valence-electron chi connectivity index (χ4n) is 1.88. The highest BCUT2D eigenvalue weighted by molar-refractivity contribution is 5.96. The van der Waals surface area contributed by atoms with Crippen molar-refractivity contribution >= 4 is 17.3 Å². The zero-order chi connectivity index (χ0) is 12.8. The molecule has 0 spiro atoms. The Hall–Kier alpha value is -1.51. The number of hydrogen-bond donors (Lipinski definition) is 1. The molecule has 0 saturated carbocycles. The standard InChI is InChI=1S/C14H22N2O/c1-4-5-8-11(2)14(17)16(3)13-10-7-6-9-12(13)15/h6-7,9-11H,4-5,8,15H2,1-3H3. The van der Waals surface area contributed by atoms with Crippen LogP contribution in [0.4, 0.5) is 11.4 Å². The minimum Gasteiger partial charge on any atom is -0.397 e. The molecule has 0 aliphatic heterocycles. The van der Waals surface area contributed by atoms with Crippen molar-refractivity contribution in [2.45, 2.75) is 33.1 Å². The third kappa shape index (κ3) is 3.48. The van der Waals surface area contributed by atoms with Crippen molar-refractivity contribution in [1.82, 2.24) is 0 Å². The summed E-state index contributed by atoms with van der Waals surface area (Å²) in [6.45, 7) is 4.11. The normalized spacial score (nSPS) is 12.2. The lowest BCUT2D eigenvalue weighted by Gasteiger charge is -2.22.